The number of carbonyl (C=O) groups excluding carboxylic acids is 1. The Labute approximate surface area is 251 Å². The number of nitrogens with zero attached hydrogens (tertiary/aromatic N) is 4. The molecule has 4 aromatic rings. The Bertz CT molecular complexity index is 1550. The van der Waals surface area contributed by atoms with Crippen molar-refractivity contribution in [3.8, 4) is 17.2 Å². The van der Waals surface area contributed by atoms with E-state index in [9.17, 15) is 9.18 Å². The molecule has 224 valence electrons. The van der Waals surface area contributed by atoms with E-state index >= 15 is 0 Å². The van der Waals surface area contributed by atoms with Gasteiger partial charge in [0.1, 0.15) is 0 Å². The number of methoxy groups -OCH3 is 1. The molecule has 1 amide bonds. The first-order valence-electron chi connectivity index (χ1n) is 14.2. The highest BCUT2D eigenvalue weighted by Crippen LogP contribution is 2.32. The molecule has 1 aliphatic rings. The van der Waals surface area contributed by atoms with Gasteiger partial charge in [0.2, 0.25) is 5.95 Å². The van der Waals surface area contributed by atoms with Crippen molar-refractivity contribution in [2.45, 2.75) is 26.7 Å². The van der Waals surface area contributed by atoms with Crippen molar-refractivity contribution in [2.75, 3.05) is 44.2 Å². The number of hydrogen-bond acceptors (Lipinski definition) is 8. The minimum Gasteiger partial charge on any atom is -0.493 e. The number of aryl methyl sites for hydroxylation is 2. The lowest BCUT2D eigenvalue weighted by Gasteiger charge is -2.29. The minimum absolute atomic E-state index is 0.200. The zero-order valence-corrected chi connectivity index (χ0v) is 24.8. The van der Waals surface area contributed by atoms with Gasteiger partial charge in [-0.3, -0.25) is 4.79 Å². The van der Waals surface area contributed by atoms with Crippen molar-refractivity contribution < 1.29 is 23.5 Å². The van der Waals surface area contributed by atoms with Crippen LogP contribution in [0, 0.1) is 25.6 Å². The fourth-order valence-electron chi connectivity index (χ4n) is 5.17. The topological polar surface area (TPSA) is 89.0 Å². The quantitative estimate of drug-likeness (QED) is 0.216. The molecule has 1 unspecified atom stereocenters. The van der Waals surface area contributed by atoms with Crippen molar-refractivity contribution in [1.29, 1.82) is 0 Å². The molecule has 2 heterocycles. The molecule has 10 heteroatoms. The summed E-state index contributed by atoms with van der Waals surface area (Å²) >= 11 is 0. The van der Waals surface area contributed by atoms with Crippen LogP contribution in [0.1, 0.15) is 34.3 Å². The van der Waals surface area contributed by atoms with Gasteiger partial charge in [0.15, 0.2) is 23.1 Å². The lowest BCUT2D eigenvalue weighted by Crippen LogP contribution is -2.35. The fourth-order valence-corrected chi connectivity index (χ4v) is 5.17. The first kappa shape index (κ1) is 29.8. The van der Waals surface area contributed by atoms with E-state index in [0.717, 1.165) is 37.1 Å². The number of para-hydroxylation sites is 3. The van der Waals surface area contributed by atoms with Gasteiger partial charge in [-0.1, -0.05) is 30.3 Å². The first-order valence-corrected chi connectivity index (χ1v) is 14.2. The van der Waals surface area contributed by atoms with E-state index in [4.69, 9.17) is 14.3 Å². The molecule has 0 radical (unpaired) electrons. The van der Waals surface area contributed by atoms with Crippen LogP contribution in [0.4, 0.5) is 21.7 Å². The molecular formula is C33H36FN5O4. The Balaban J connectivity index is 1.30. The second-order valence-corrected chi connectivity index (χ2v) is 10.7. The van der Waals surface area contributed by atoms with Gasteiger partial charge >= 0.3 is 0 Å². The molecule has 1 atom stereocenters. The summed E-state index contributed by atoms with van der Waals surface area (Å²) in [5.41, 5.74) is 2.96. The van der Waals surface area contributed by atoms with Crippen LogP contribution >= 0.6 is 0 Å². The third-order valence-electron chi connectivity index (χ3n) is 7.37. The lowest BCUT2D eigenvalue weighted by atomic mass is 10.00. The summed E-state index contributed by atoms with van der Waals surface area (Å²) in [4.78, 5) is 30.8. The summed E-state index contributed by atoms with van der Waals surface area (Å²) in [5.74, 6) is 0.719. The van der Waals surface area contributed by atoms with Crippen molar-refractivity contribution in [3.63, 3.8) is 0 Å². The van der Waals surface area contributed by atoms with Crippen LogP contribution in [0.5, 0.6) is 17.2 Å². The van der Waals surface area contributed by atoms with E-state index in [1.165, 1.54) is 30.6 Å². The molecule has 1 saturated heterocycles. The SMILES string of the molecule is COc1ccccc1ON(C(=O)c1cnc(Nc2ccc(OCC3CCCN(C)C3)c(F)c2)nc1)c1c(C)cccc1C. The van der Waals surface area contributed by atoms with Crippen LogP contribution in [-0.2, 0) is 0 Å². The van der Waals surface area contributed by atoms with Crippen LogP contribution in [-0.4, -0.2) is 54.6 Å². The van der Waals surface area contributed by atoms with Crippen LogP contribution in [0.15, 0.2) is 73.1 Å². The number of ether oxygens (including phenoxy) is 2. The Morgan fingerprint density at radius 3 is 2.42 bits per heavy atom. The number of hydrogen-bond donors (Lipinski definition) is 1. The van der Waals surface area contributed by atoms with Crippen molar-refractivity contribution >= 4 is 23.2 Å². The maximum Gasteiger partial charge on any atom is 0.294 e. The molecule has 1 aromatic heterocycles. The molecular weight excluding hydrogens is 549 g/mol. The van der Waals surface area contributed by atoms with Gasteiger partial charge in [-0.15, -0.1) is 5.06 Å². The smallest absolute Gasteiger partial charge is 0.294 e. The number of nitrogens with one attached hydrogen (secondary N) is 1. The molecule has 0 bridgehead atoms. The summed E-state index contributed by atoms with van der Waals surface area (Å²) in [7, 11) is 3.63. The summed E-state index contributed by atoms with van der Waals surface area (Å²) in [6, 6.07) is 17.5. The van der Waals surface area contributed by atoms with Gasteiger partial charge < -0.3 is 24.5 Å². The molecule has 0 saturated carbocycles. The van der Waals surface area contributed by atoms with E-state index in [1.807, 2.05) is 38.1 Å². The number of benzene rings is 3. The number of rotatable bonds is 10. The van der Waals surface area contributed by atoms with Gasteiger partial charge in [0.05, 0.1) is 25.0 Å². The van der Waals surface area contributed by atoms with Crippen LogP contribution in [0.25, 0.3) is 0 Å². The average molecular weight is 586 g/mol. The average Bonchev–Trinajstić information content (AvgIpc) is 3.00. The molecule has 1 fully saturated rings. The maximum atomic E-state index is 14.8. The van der Waals surface area contributed by atoms with Crippen LogP contribution < -0.4 is 24.7 Å². The largest absolute Gasteiger partial charge is 0.493 e. The van der Waals surface area contributed by atoms with Crippen LogP contribution in [0.3, 0.4) is 0 Å². The first-order chi connectivity index (χ1) is 20.8. The summed E-state index contributed by atoms with van der Waals surface area (Å²) < 4.78 is 26.0. The highest BCUT2D eigenvalue weighted by molar-refractivity contribution is 6.05. The second kappa shape index (κ2) is 13.5. The standard InChI is InChI=1S/C33H36FN5O4/c1-22-9-7-10-23(2)31(22)39(43-30-13-6-5-12-29(30)41-4)32(40)25-18-35-33(36-19-25)37-26-14-15-28(27(34)17-26)42-21-24-11-8-16-38(3)20-24/h5-7,9-10,12-15,17-19,24H,8,11,16,20-21H2,1-4H3,(H,35,36,37). The van der Waals surface area contributed by atoms with Crippen molar-refractivity contribution in [3.05, 3.63) is 95.6 Å². The summed E-state index contributed by atoms with van der Waals surface area (Å²) in [5, 5.41) is 4.22. The molecule has 5 rings (SSSR count). The Hall–Kier alpha value is -4.70. The van der Waals surface area contributed by atoms with Gasteiger partial charge in [-0.05, 0) is 75.7 Å². The molecule has 1 aliphatic heterocycles. The number of piperidine rings is 1. The molecule has 1 N–H and O–H groups in total. The number of aromatic nitrogens is 2. The number of halogens is 1. The number of likely N-dealkylation sites (tertiary alicyclic amines) is 1. The zero-order chi connectivity index (χ0) is 30.3. The predicted molar refractivity (Wildman–Crippen MR) is 164 cm³/mol. The van der Waals surface area contributed by atoms with E-state index in [0.29, 0.717) is 35.4 Å². The van der Waals surface area contributed by atoms with Crippen molar-refractivity contribution in [1.82, 2.24) is 14.9 Å². The Morgan fingerprint density at radius 1 is 1.02 bits per heavy atom. The fraction of sp³-hybridized carbons (Fsp3) is 0.303. The molecule has 9 nitrogen and oxygen atoms in total. The third-order valence-corrected chi connectivity index (χ3v) is 7.37. The highest BCUT2D eigenvalue weighted by atomic mass is 19.1. The second-order valence-electron chi connectivity index (χ2n) is 10.7. The third kappa shape index (κ3) is 7.21. The zero-order valence-electron chi connectivity index (χ0n) is 24.8. The summed E-state index contributed by atoms with van der Waals surface area (Å²) in [6.07, 6.45) is 5.01. The van der Waals surface area contributed by atoms with Gasteiger partial charge in [-0.25, -0.2) is 14.4 Å². The number of anilines is 3. The van der Waals surface area contributed by atoms with E-state index in [2.05, 4.69) is 27.2 Å². The molecule has 3 aromatic carbocycles. The summed E-state index contributed by atoms with van der Waals surface area (Å²) in [6.45, 7) is 6.33. The van der Waals surface area contributed by atoms with E-state index < -0.39 is 11.7 Å². The number of amides is 1. The highest BCUT2D eigenvalue weighted by Gasteiger charge is 2.26. The van der Waals surface area contributed by atoms with Crippen molar-refractivity contribution in [2.24, 2.45) is 5.92 Å². The predicted octanol–water partition coefficient (Wildman–Crippen LogP) is 6.35. The monoisotopic (exact) mass is 585 g/mol. The maximum absolute atomic E-state index is 14.8. The van der Waals surface area contributed by atoms with Gasteiger partial charge in [0, 0.05) is 36.6 Å². The van der Waals surface area contributed by atoms with Crippen LogP contribution in [0.2, 0.25) is 0 Å². The Morgan fingerprint density at radius 2 is 1.74 bits per heavy atom. The molecule has 0 spiro atoms. The number of carbonyl (C=O) groups is 1. The minimum atomic E-state index is -0.473. The van der Waals surface area contributed by atoms with E-state index in [-0.39, 0.29) is 17.3 Å². The molecule has 43 heavy (non-hydrogen) atoms. The lowest BCUT2D eigenvalue weighted by molar-refractivity contribution is 0.0875. The normalized spacial score (nSPS) is 15.0. The van der Waals surface area contributed by atoms with Gasteiger partial charge in [0.25, 0.3) is 5.91 Å². The van der Waals surface area contributed by atoms with Gasteiger partial charge in [-0.2, -0.15) is 0 Å². The molecule has 0 aliphatic carbocycles. The number of hydroxylamine groups is 1. The van der Waals surface area contributed by atoms with E-state index in [1.54, 1.807) is 30.3 Å². The Kier molecular flexibility index (Phi) is 9.36.